The lowest BCUT2D eigenvalue weighted by Gasteiger charge is -2.06. The van der Waals surface area contributed by atoms with Crippen LogP contribution in [0, 0.1) is 0 Å². The monoisotopic (exact) mass is 374 g/mol. The molecule has 3 heterocycles. The van der Waals surface area contributed by atoms with Gasteiger partial charge in [-0.1, -0.05) is 17.8 Å². The quantitative estimate of drug-likeness (QED) is 0.518. The van der Waals surface area contributed by atoms with E-state index in [1.54, 1.807) is 34.5 Å². The maximum absolute atomic E-state index is 11.9. The molecule has 10 heteroatoms. The van der Waals surface area contributed by atoms with Gasteiger partial charge in [0.2, 0.25) is 5.91 Å². The van der Waals surface area contributed by atoms with Gasteiger partial charge in [-0.15, -0.1) is 21.5 Å². The van der Waals surface area contributed by atoms with Gasteiger partial charge in [-0.25, -0.2) is 0 Å². The molecule has 2 amide bonds. The first-order chi connectivity index (χ1) is 12.1. The summed E-state index contributed by atoms with van der Waals surface area (Å²) in [5.41, 5.74) is 5.65. The highest BCUT2D eigenvalue weighted by Crippen LogP contribution is 2.21. The van der Waals surface area contributed by atoms with Crippen LogP contribution >= 0.6 is 23.1 Å². The van der Waals surface area contributed by atoms with Crippen molar-refractivity contribution in [2.75, 3.05) is 5.75 Å². The molecule has 0 saturated carbocycles. The number of thiophene rings is 1. The normalized spacial score (nSPS) is 10.4. The molecule has 2 N–H and O–H groups in total. The van der Waals surface area contributed by atoms with E-state index in [9.17, 15) is 9.59 Å². The van der Waals surface area contributed by atoms with E-state index in [0.717, 1.165) is 5.56 Å². The zero-order valence-electron chi connectivity index (χ0n) is 13.2. The van der Waals surface area contributed by atoms with Crippen molar-refractivity contribution in [3.8, 4) is 11.4 Å². The standard InChI is InChI=1S/C15H14N6O2S2/c1-21-13(10-4-6-16-7-5-10)18-20-15(21)25-9-12(22)17-19-14(23)11-3-2-8-24-11/h2-8H,9H2,1H3,(H,17,22)(H,19,23). The van der Waals surface area contributed by atoms with Crippen LogP contribution in [0.25, 0.3) is 11.4 Å². The first-order valence-electron chi connectivity index (χ1n) is 7.20. The third-order valence-corrected chi connectivity index (χ3v) is 5.06. The second kappa shape index (κ2) is 7.90. The van der Waals surface area contributed by atoms with Crippen molar-refractivity contribution >= 4 is 34.9 Å². The van der Waals surface area contributed by atoms with Crippen LogP contribution in [0.1, 0.15) is 9.67 Å². The van der Waals surface area contributed by atoms with Gasteiger partial charge in [-0.05, 0) is 23.6 Å². The van der Waals surface area contributed by atoms with Gasteiger partial charge in [-0.3, -0.25) is 25.4 Å². The van der Waals surface area contributed by atoms with Gasteiger partial charge in [0.05, 0.1) is 10.6 Å². The second-order valence-corrected chi connectivity index (χ2v) is 6.76. The van der Waals surface area contributed by atoms with Crippen molar-refractivity contribution in [1.29, 1.82) is 0 Å². The molecule has 0 saturated heterocycles. The Balaban J connectivity index is 1.53. The predicted octanol–water partition coefficient (Wildman–Crippen LogP) is 1.49. The third-order valence-electron chi connectivity index (χ3n) is 3.17. The lowest BCUT2D eigenvalue weighted by atomic mass is 10.2. The smallest absolute Gasteiger partial charge is 0.279 e. The number of hydrogen-bond acceptors (Lipinski definition) is 7. The Hall–Kier alpha value is -2.72. The van der Waals surface area contributed by atoms with Gasteiger partial charge in [0, 0.05) is 25.0 Å². The van der Waals surface area contributed by atoms with E-state index in [0.29, 0.717) is 15.9 Å². The molecule has 0 aromatic carbocycles. The zero-order chi connectivity index (χ0) is 17.6. The van der Waals surface area contributed by atoms with Crippen molar-refractivity contribution in [2.24, 2.45) is 7.05 Å². The van der Waals surface area contributed by atoms with Crippen molar-refractivity contribution < 1.29 is 9.59 Å². The molecule has 0 bridgehead atoms. The number of nitrogens with one attached hydrogen (secondary N) is 2. The van der Waals surface area contributed by atoms with E-state index >= 15 is 0 Å². The largest absolute Gasteiger partial charge is 0.305 e. The summed E-state index contributed by atoms with van der Waals surface area (Å²) in [6.07, 6.45) is 3.36. The number of carbonyl (C=O) groups is 2. The summed E-state index contributed by atoms with van der Waals surface area (Å²) >= 11 is 2.53. The second-order valence-electron chi connectivity index (χ2n) is 4.87. The summed E-state index contributed by atoms with van der Waals surface area (Å²) in [4.78, 5) is 28.1. The summed E-state index contributed by atoms with van der Waals surface area (Å²) in [6.45, 7) is 0. The maximum atomic E-state index is 11.9. The Morgan fingerprint density at radius 3 is 2.72 bits per heavy atom. The molecule has 3 rings (SSSR count). The lowest BCUT2D eigenvalue weighted by Crippen LogP contribution is -2.42. The number of aromatic nitrogens is 4. The molecule has 8 nitrogen and oxygen atoms in total. The highest BCUT2D eigenvalue weighted by atomic mass is 32.2. The zero-order valence-corrected chi connectivity index (χ0v) is 14.8. The van der Waals surface area contributed by atoms with Gasteiger partial charge in [0.25, 0.3) is 5.91 Å². The summed E-state index contributed by atoms with van der Waals surface area (Å²) < 4.78 is 1.80. The minimum Gasteiger partial charge on any atom is -0.305 e. The SMILES string of the molecule is Cn1c(SCC(=O)NNC(=O)c2cccs2)nnc1-c1ccncc1. The number of hydrogen-bond donors (Lipinski definition) is 2. The van der Waals surface area contributed by atoms with Crippen molar-refractivity contribution in [2.45, 2.75) is 5.16 Å². The topological polar surface area (TPSA) is 102 Å². The average Bonchev–Trinajstić information content (AvgIpc) is 3.29. The van der Waals surface area contributed by atoms with E-state index in [4.69, 9.17) is 0 Å². The number of hydrazine groups is 1. The maximum Gasteiger partial charge on any atom is 0.279 e. The van der Waals surface area contributed by atoms with Gasteiger partial charge in [0.15, 0.2) is 11.0 Å². The molecule has 0 atom stereocenters. The molecule has 0 unspecified atom stereocenters. The summed E-state index contributed by atoms with van der Waals surface area (Å²) in [6, 6.07) is 7.13. The number of thioether (sulfide) groups is 1. The Morgan fingerprint density at radius 1 is 1.20 bits per heavy atom. The molecule has 0 aliphatic rings. The number of nitrogens with zero attached hydrogens (tertiary/aromatic N) is 4. The van der Waals surface area contributed by atoms with Crippen molar-refractivity contribution in [3.63, 3.8) is 0 Å². The summed E-state index contributed by atoms with van der Waals surface area (Å²) in [5.74, 6) is 0.124. The van der Waals surface area contributed by atoms with Gasteiger partial charge >= 0.3 is 0 Å². The molecule has 0 fully saturated rings. The van der Waals surface area contributed by atoms with E-state index in [-0.39, 0.29) is 17.6 Å². The Kier molecular flexibility index (Phi) is 5.41. The highest BCUT2D eigenvalue weighted by molar-refractivity contribution is 7.99. The molecular formula is C15H14N6O2S2. The minimum atomic E-state index is -0.341. The van der Waals surface area contributed by atoms with Crippen LogP contribution in [0.5, 0.6) is 0 Å². The fourth-order valence-corrected chi connectivity index (χ4v) is 3.28. The van der Waals surface area contributed by atoms with Crippen LogP contribution in [0.2, 0.25) is 0 Å². The molecule has 128 valence electrons. The Bertz CT molecular complexity index is 864. The number of pyridine rings is 1. The van der Waals surface area contributed by atoms with E-state index in [1.165, 1.54) is 23.1 Å². The van der Waals surface area contributed by atoms with E-state index < -0.39 is 0 Å². The Morgan fingerprint density at radius 2 is 2.00 bits per heavy atom. The third kappa shape index (κ3) is 4.22. The number of amides is 2. The van der Waals surface area contributed by atoms with Crippen LogP contribution in [-0.2, 0) is 11.8 Å². The van der Waals surface area contributed by atoms with E-state index in [1.807, 2.05) is 19.2 Å². The average molecular weight is 374 g/mol. The van der Waals surface area contributed by atoms with Crippen molar-refractivity contribution in [3.05, 3.63) is 46.9 Å². The molecule has 0 aliphatic heterocycles. The molecule has 25 heavy (non-hydrogen) atoms. The van der Waals surface area contributed by atoms with Crippen LogP contribution in [0.3, 0.4) is 0 Å². The fraction of sp³-hybridized carbons (Fsp3) is 0.133. The first-order valence-corrected chi connectivity index (χ1v) is 9.07. The van der Waals surface area contributed by atoms with Gasteiger partial charge < -0.3 is 4.57 Å². The molecular weight excluding hydrogens is 360 g/mol. The molecule has 3 aromatic rings. The first kappa shape index (κ1) is 17.1. The number of carbonyl (C=O) groups excluding carboxylic acids is 2. The molecule has 0 spiro atoms. The van der Waals surface area contributed by atoms with Crippen molar-refractivity contribution in [1.82, 2.24) is 30.6 Å². The summed E-state index contributed by atoms with van der Waals surface area (Å²) in [7, 11) is 1.83. The minimum absolute atomic E-state index is 0.104. The summed E-state index contributed by atoms with van der Waals surface area (Å²) in [5, 5.41) is 10.6. The Labute approximate surface area is 151 Å². The fourth-order valence-electron chi connectivity index (χ4n) is 1.95. The van der Waals surface area contributed by atoms with Gasteiger partial charge in [0.1, 0.15) is 0 Å². The van der Waals surface area contributed by atoms with Crippen LogP contribution in [-0.4, -0.2) is 37.3 Å². The van der Waals surface area contributed by atoms with Crippen LogP contribution < -0.4 is 10.9 Å². The lowest BCUT2D eigenvalue weighted by molar-refractivity contribution is -0.119. The van der Waals surface area contributed by atoms with Crippen LogP contribution in [0.4, 0.5) is 0 Å². The predicted molar refractivity (Wildman–Crippen MR) is 94.9 cm³/mol. The molecule has 3 aromatic heterocycles. The molecule has 0 radical (unpaired) electrons. The highest BCUT2D eigenvalue weighted by Gasteiger charge is 2.13. The van der Waals surface area contributed by atoms with Crippen LogP contribution in [0.15, 0.2) is 47.2 Å². The number of rotatable bonds is 5. The van der Waals surface area contributed by atoms with E-state index in [2.05, 4.69) is 26.0 Å². The molecule has 0 aliphatic carbocycles. The van der Waals surface area contributed by atoms with Gasteiger partial charge in [-0.2, -0.15) is 0 Å².